The molecule has 0 saturated carbocycles. The van der Waals surface area contributed by atoms with Gasteiger partial charge in [0.1, 0.15) is 5.75 Å². The van der Waals surface area contributed by atoms with Gasteiger partial charge >= 0.3 is 6.01 Å². The highest BCUT2D eigenvalue weighted by Gasteiger charge is 2.06. The molecule has 112 valence electrons. The number of hydrogen-bond donors (Lipinski definition) is 1. The summed E-state index contributed by atoms with van der Waals surface area (Å²) in [6.07, 6.45) is 0.139. The van der Waals surface area contributed by atoms with E-state index in [0.717, 1.165) is 11.4 Å². The van der Waals surface area contributed by atoms with E-state index in [1.165, 1.54) is 0 Å². The van der Waals surface area contributed by atoms with Gasteiger partial charge in [0.25, 0.3) is 0 Å². The minimum atomic E-state index is 0.0794. The van der Waals surface area contributed by atoms with Crippen molar-refractivity contribution in [1.82, 2.24) is 15.0 Å². The van der Waals surface area contributed by atoms with Crippen LogP contribution in [0.15, 0.2) is 24.3 Å². The minimum absolute atomic E-state index is 0.0794. The molecule has 1 heterocycles. The van der Waals surface area contributed by atoms with Crippen molar-refractivity contribution in [1.29, 1.82) is 0 Å². The zero-order chi connectivity index (χ0) is 15.2. The van der Waals surface area contributed by atoms with Crippen molar-refractivity contribution in [3.63, 3.8) is 0 Å². The lowest BCUT2D eigenvalue weighted by Gasteiger charge is -2.11. The van der Waals surface area contributed by atoms with Crippen LogP contribution in [0.25, 0.3) is 0 Å². The van der Waals surface area contributed by atoms with Crippen molar-refractivity contribution in [3.05, 3.63) is 29.5 Å². The fraction of sp³-hybridized carbons (Fsp3) is 0.357. The van der Waals surface area contributed by atoms with Gasteiger partial charge in [0.2, 0.25) is 11.2 Å². The maximum absolute atomic E-state index is 5.83. The Morgan fingerprint density at radius 2 is 1.86 bits per heavy atom. The first-order chi connectivity index (χ1) is 10.1. The predicted molar refractivity (Wildman–Crippen MR) is 81.5 cm³/mol. The van der Waals surface area contributed by atoms with Gasteiger partial charge in [0.15, 0.2) is 0 Å². The van der Waals surface area contributed by atoms with E-state index in [-0.39, 0.29) is 17.4 Å². The molecule has 0 saturated heterocycles. The Hall–Kier alpha value is -2.08. The van der Waals surface area contributed by atoms with Gasteiger partial charge in [0, 0.05) is 5.69 Å². The van der Waals surface area contributed by atoms with E-state index >= 15 is 0 Å². The summed E-state index contributed by atoms with van der Waals surface area (Å²) in [6.45, 7) is 6.27. The molecule has 1 aromatic heterocycles. The second-order valence-corrected chi connectivity index (χ2v) is 4.80. The summed E-state index contributed by atoms with van der Waals surface area (Å²) in [4.78, 5) is 12.0. The number of halogens is 1. The molecule has 6 nitrogen and oxygen atoms in total. The average molecular weight is 309 g/mol. The Labute approximate surface area is 128 Å². The quantitative estimate of drug-likeness (QED) is 0.881. The Balaban J connectivity index is 2.10. The summed E-state index contributed by atoms with van der Waals surface area (Å²) in [5.41, 5.74) is 0.816. The summed E-state index contributed by atoms with van der Waals surface area (Å²) >= 11 is 5.83. The number of aromatic nitrogens is 3. The molecule has 0 spiro atoms. The van der Waals surface area contributed by atoms with E-state index in [0.29, 0.717) is 12.6 Å². The molecule has 21 heavy (non-hydrogen) atoms. The molecule has 0 fully saturated rings. The smallest absolute Gasteiger partial charge is 0.322 e. The number of anilines is 2. The van der Waals surface area contributed by atoms with Crippen LogP contribution >= 0.6 is 11.6 Å². The molecule has 1 aromatic carbocycles. The molecule has 1 N–H and O–H groups in total. The highest BCUT2D eigenvalue weighted by molar-refractivity contribution is 6.28. The average Bonchev–Trinajstić information content (AvgIpc) is 2.40. The van der Waals surface area contributed by atoms with Crippen LogP contribution in [0.3, 0.4) is 0 Å². The Bertz CT molecular complexity index is 590. The van der Waals surface area contributed by atoms with Gasteiger partial charge in [-0.25, -0.2) is 0 Å². The van der Waals surface area contributed by atoms with Crippen LogP contribution in [0.1, 0.15) is 20.8 Å². The fourth-order valence-electron chi connectivity index (χ4n) is 1.60. The van der Waals surface area contributed by atoms with E-state index < -0.39 is 0 Å². The molecule has 2 aromatic rings. The molecular formula is C14H17ClN4O2. The highest BCUT2D eigenvalue weighted by Crippen LogP contribution is 2.20. The first kappa shape index (κ1) is 15.3. The van der Waals surface area contributed by atoms with Crippen molar-refractivity contribution in [2.45, 2.75) is 26.9 Å². The standard InChI is InChI=1S/C14H17ClN4O2/c1-4-20-14-18-12(15)17-13(19-14)16-10-5-7-11(8-6-10)21-9(2)3/h5-9H,4H2,1-3H3,(H,16,17,18,19). The van der Waals surface area contributed by atoms with Crippen molar-refractivity contribution in [3.8, 4) is 11.8 Å². The van der Waals surface area contributed by atoms with Gasteiger partial charge in [-0.1, -0.05) is 0 Å². The lowest BCUT2D eigenvalue weighted by Crippen LogP contribution is -2.06. The van der Waals surface area contributed by atoms with Crippen LogP contribution in [0.2, 0.25) is 5.28 Å². The van der Waals surface area contributed by atoms with Gasteiger partial charge in [0.05, 0.1) is 12.7 Å². The van der Waals surface area contributed by atoms with E-state index in [4.69, 9.17) is 21.1 Å². The largest absolute Gasteiger partial charge is 0.491 e. The molecule has 0 unspecified atom stereocenters. The van der Waals surface area contributed by atoms with Crippen LogP contribution in [0.5, 0.6) is 11.8 Å². The molecule has 0 atom stereocenters. The third-order valence-corrected chi connectivity index (χ3v) is 2.51. The van der Waals surface area contributed by atoms with Gasteiger partial charge < -0.3 is 14.8 Å². The summed E-state index contributed by atoms with van der Waals surface area (Å²) in [6, 6.07) is 7.68. The van der Waals surface area contributed by atoms with Crippen LogP contribution in [0.4, 0.5) is 11.6 Å². The lowest BCUT2D eigenvalue weighted by molar-refractivity contribution is 0.242. The predicted octanol–water partition coefficient (Wildman–Crippen LogP) is 3.45. The van der Waals surface area contributed by atoms with Gasteiger partial charge in [-0.05, 0) is 56.6 Å². The SMILES string of the molecule is CCOc1nc(Cl)nc(Nc2ccc(OC(C)C)cc2)n1. The Morgan fingerprint density at radius 3 is 2.48 bits per heavy atom. The molecule has 0 aliphatic carbocycles. The summed E-state index contributed by atoms with van der Waals surface area (Å²) in [7, 11) is 0. The van der Waals surface area contributed by atoms with Gasteiger partial charge in [-0.15, -0.1) is 0 Å². The number of nitrogens with one attached hydrogen (secondary N) is 1. The number of hydrogen-bond acceptors (Lipinski definition) is 6. The van der Waals surface area contributed by atoms with Crippen LogP contribution in [0, 0.1) is 0 Å². The topological polar surface area (TPSA) is 69.2 Å². The molecule has 2 rings (SSSR count). The number of benzene rings is 1. The van der Waals surface area contributed by atoms with Crippen molar-refractivity contribution in [2.24, 2.45) is 0 Å². The summed E-state index contributed by atoms with van der Waals surface area (Å²) in [5, 5.41) is 3.12. The minimum Gasteiger partial charge on any atom is -0.491 e. The molecular weight excluding hydrogens is 292 g/mol. The molecule has 0 amide bonds. The Kier molecular flexibility index (Phi) is 5.16. The monoisotopic (exact) mass is 308 g/mol. The molecule has 7 heteroatoms. The van der Waals surface area contributed by atoms with Crippen LogP contribution in [-0.4, -0.2) is 27.7 Å². The van der Waals surface area contributed by atoms with E-state index in [1.807, 2.05) is 45.0 Å². The normalized spacial score (nSPS) is 10.5. The second kappa shape index (κ2) is 7.08. The number of rotatable bonds is 6. The van der Waals surface area contributed by atoms with Crippen molar-refractivity contribution >= 4 is 23.2 Å². The zero-order valence-corrected chi connectivity index (χ0v) is 12.9. The first-order valence-corrected chi connectivity index (χ1v) is 7.02. The molecule has 0 aliphatic heterocycles. The third kappa shape index (κ3) is 4.75. The van der Waals surface area contributed by atoms with Crippen LogP contribution < -0.4 is 14.8 Å². The van der Waals surface area contributed by atoms with Crippen molar-refractivity contribution in [2.75, 3.05) is 11.9 Å². The summed E-state index contributed by atoms with van der Waals surface area (Å²) in [5.74, 6) is 1.13. The number of ether oxygens (including phenoxy) is 2. The molecule has 0 radical (unpaired) electrons. The van der Waals surface area contributed by atoms with Gasteiger partial charge in [-0.2, -0.15) is 15.0 Å². The third-order valence-electron chi connectivity index (χ3n) is 2.34. The van der Waals surface area contributed by atoms with Crippen molar-refractivity contribution < 1.29 is 9.47 Å². The number of nitrogens with zero attached hydrogens (tertiary/aromatic N) is 3. The maximum atomic E-state index is 5.83. The summed E-state index contributed by atoms with van der Waals surface area (Å²) < 4.78 is 10.8. The van der Waals surface area contributed by atoms with E-state index in [1.54, 1.807) is 0 Å². The van der Waals surface area contributed by atoms with Gasteiger partial charge in [-0.3, -0.25) is 0 Å². The lowest BCUT2D eigenvalue weighted by atomic mass is 10.3. The molecule has 0 aliphatic rings. The van der Waals surface area contributed by atoms with Crippen LogP contribution in [-0.2, 0) is 0 Å². The maximum Gasteiger partial charge on any atom is 0.322 e. The van der Waals surface area contributed by atoms with E-state index in [2.05, 4.69) is 20.3 Å². The van der Waals surface area contributed by atoms with E-state index in [9.17, 15) is 0 Å². The highest BCUT2D eigenvalue weighted by atomic mass is 35.5. The zero-order valence-electron chi connectivity index (χ0n) is 12.1. The Morgan fingerprint density at radius 1 is 1.14 bits per heavy atom. The fourth-order valence-corrected chi connectivity index (χ4v) is 1.75. The molecule has 0 bridgehead atoms. The first-order valence-electron chi connectivity index (χ1n) is 6.65. The second-order valence-electron chi connectivity index (χ2n) is 4.46.